The van der Waals surface area contributed by atoms with Crippen molar-refractivity contribution in [3.05, 3.63) is 59.2 Å². The maximum absolute atomic E-state index is 12.0. The number of hydrogen-bond acceptors (Lipinski definition) is 6. The molecular formula is C22H22N6O4. The Morgan fingerprint density at radius 1 is 1.00 bits per heavy atom. The quantitative estimate of drug-likeness (QED) is 0.525. The lowest BCUT2D eigenvalue weighted by Gasteiger charge is -2.57. The van der Waals surface area contributed by atoms with Crippen LogP contribution in [0.3, 0.4) is 0 Å². The average Bonchev–Trinajstić information content (AvgIpc) is 3.07. The number of primary amides is 3. The number of aromatic nitrogens is 3. The lowest BCUT2D eigenvalue weighted by atomic mass is 9.50. The van der Waals surface area contributed by atoms with E-state index in [0.717, 1.165) is 25.7 Å². The Morgan fingerprint density at radius 3 is 2.41 bits per heavy atom. The maximum atomic E-state index is 12.0. The smallest absolute Gasteiger partial charge is 0.269 e. The molecule has 2 aliphatic carbocycles. The molecule has 0 bridgehead atoms. The van der Waals surface area contributed by atoms with Gasteiger partial charge in [0, 0.05) is 18.3 Å². The third-order valence-corrected chi connectivity index (χ3v) is 6.56. The number of nitrogens with two attached hydrogens (primary N) is 3. The normalized spacial score (nSPS) is 24.0. The molecular weight excluding hydrogens is 412 g/mol. The van der Waals surface area contributed by atoms with Gasteiger partial charge in [-0.2, -0.15) is 0 Å². The predicted octanol–water partition coefficient (Wildman–Crippen LogP) is 1.13. The summed E-state index contributed by atoms with van der Waals surface area (Å²) in [6, 6.07) is 6.46. The van der Waals surface area contributed by atoms with Crippen molar-refractivity contribution in [1.82, 2.24) is 14.4 Å². The van der Waals surface area contributed by atoms with Crippen LogP contribution in [0.1, 0.15) is 68.5 Å². The highest BCUT2D eigenvalue weighted by atomic mass is 16.5. The van der Waals surface area contributed by atoms with Gasteiger partial charge in [0.05, 0.1) is 11.3 Å². The zero-order valence-corrected chi connectivity index (χ0v) is 17.2. The van der Waals surface area contributed by atoms with E-state index in [1.165, 1.54) is 0 Å². The summed E-state index contributed by atoms with van der Waals surface area (Å²) in [4.78, 5) is 43.7. The van der Waals surface area contributed by atoms with Crippen molar-refractivity contribution < 1.29 is 19.1 Å². The number of amides is 3. The monoisotopic (exact) mass is 434 g/mol. The summed E-state index contributed by atoms with van der Waals surface area (Å²) in [6.07, 6.45) is 6.42. The van der Waals surface area contributed by atoms with Gasteiger partial charge < -0.3 is 26.3 Å². The molecule has 164 valence electrons. The Labute approximate surface area is 182 Å². The van der Waals surface area contributed by atoms with Crippen molar-refractivity contribution in [1.29, 1.82) is 0 Å². The van der Waals surface area contributed by atoms with Crippen molar-refractivity contribution in [2.24, 2.45) is 22.6 Å². The summed E-state index contributed by atoms with van der Waals surface area (Å²) in [5.74, 6) is -1.40. The van der Waals surface area contributed by atoms with Gasteiger partial charge in [0.25, 0.3) is 11.8 Å². The molecule has 0 aromatic carbocycles. The highest BCUT2D eigenvalue weighted by Gasteiger charge is 2.55. The van der Waals surface area contributed by atoms with Crippen molar-refractivity contribution in [3.63, 3.8) is 0 Å². The molecule has 5 rings (SSSR count). The molecule has 3 heterocycles. The van der Waals surface area contributed by atoms with Gasteiger partial charge in [-0.15, -0.1) is 0 Å². The lowest BCUT2D eigenvalue weighted by Crippen LogP contribution is -2.51. The van der Waals surface area contributed by atoms with E-state index >= 15 is 0 Å². The largest absolute Gasteiger partial charge is 0.474 e. The van der Waals surface area contributed by atoms with Gasteiger partial charge >= 0.3 is 0 Å². The molecule has 2 saturated carbocycles. The van der Waals surface area contributed by atoms with Gasteiger partial charge in [0.15, 0.2) is 0 Å². The molecule has 1 spiro atoms. The molecule has 3 aromatic rings. The van der Waals surface area contributed by atoms with Crippen LogP contribution >= 0.6 is 0 Å². The Morgan fingerprint density at radius 2 is 1.75 bits per heavy atom. The molecule has 0 unspecified atom stereocenters. The van der Waals surface area contributed by atoms with Crippen molar-refractivity contribution in [2.75, 3.05) is 0 Å². The van der Waals surface area contributed by atoms with Crippen LogP contribution in [0.5, 0.6) is 5.88 Å². The molecule has 10 nitrogen and oxygen atoms in total. The van der Waals surface area contributed by atoms with Gasteiger partial charge in [0.2, 0.25) is 11.8 Å². The zero-order chi connectivity index (χ0) is 22.6. The fraction of sp³-hybridized carbons (Fsp3) is 0.318. The minimum absolute atomic E-state index is 0.0526. The minimum Gasteiger partial charge on any atom is -0.474 e. The predicted molar refractivity (Wildman–Crippen MR) is 113 cm³/mol. The van der Waals surface area contributed by atoms with E-state index < -0.39 is 17.7 Å². The first-order valence-corrected chi connectivity index (χ1v) is 10.3. The number of ether oxygens (including phenoxy) is 1. The first kappa shape index (κ1) is 20.0. The van der Waals surface area contributed by atoms with Crippen molar-refractivity contribution >= 4 is 23.4 Å². The van der Waals surface area contributed by atoms with E-state index in [2.05, 4.69) is 9.97 Å². The number of carbonyl (C=O) groups is 3. The van der Waals surface area contributed by atoms with Crippen LogP contribution in [0.15, 0.2) is 36.7 Å². The van der Waals surface area contributed by atoms with Gasteiger partial charge in [-0.05, 0) is 55.4 Å². The van der Waals surface area contributed by atoms with Crippen LogP contribution in [0.25, 0.3) is 5.65 Å². The summed E-state index contributed by atoms with van der Waals surface area (Å²) < 4.78 is 7.67. The minimum atomic E-state index is -0.603. The molecule has 0 saturated heterocycles. The molecule has 0 radical (unpaired) electrons. The van der Waals surface area contributed by atoms with Gasteiger partial charge in [0.1, 0.15) is 23.0 Å². The van der Waals surface area contributed by atoms with E-state index in [9.17, 15) is 14.4 Å². The number of hydrogen-bond donors (Lipinski definition) is 3. The molecule has 6 N–H and O–H groups in total. The van der Waals surface area contributed by atoms with Crippen LogP contribution < -0.4 is 21.9 Å². The molecule has 3 amide bonds. The molecule has 2 fully saturated rings. The van der Waals surface area contributed by atoms with Gasteiger partial charge in [-0.1, -0.05) is 0 Å². The number of rotatable bonds is 6. The summed E-state index contributed by atoms with van der Waals surface area (Å²) >= 11 is 0. The SMILES string of the molecule is NC(=O)c1ccc2nc(C(N)=O)c(C3CC4(CC(Oc5ncccc5C(N)=O)C4)C3)n2c1. The van der Waals surface area contributed by atoms with Crippen LogP contribution in [0.4, 0.5) is 0 Å². The highest BCUT2D eigenvalue weighted by molar-refractivity contribution is 5.95. The third-order valence-electron chi connectivity index (χ3n) is 6.56. The lowest BCUT2D eigenvalue weighted by molar-refractivity contribution is -0.0828. The molecule has 10 heteroatoms. The highest BCUT2D eigenvalue weighted by Crippen LogP contribution is 2.62. The molecule has 2 aliphatic rings. The number of pyridine rings is 2. The zero-order valence-electron chi connectivity index (χ0n) is 17.2. The topological polar surface area (TPSA) is 169 Å². The maximum Gasteiger partial charge on any atom is 0.269 e. The third kappa shape index (κ3) is 3.15. The van der Waals surface area contributed by atoms with Gasteiger partial charge in [-0.25, -0.2) is 9.97 Å². The Balaban J connectivity index is 1.33. The number of nitrogens with zero attached hydrogens (tertiary/aromatic N) is 3. The second-order valence-electron chi connectivity index (χ2n) is 8.69. The van der Waals surface area contributed by atoms with Crippen molar-refractivity contribution in [2.45, 2.75) is 37.7 Å². The van der Waals surface area contributed by atoms with E-state index in [1.807, 2.05) is 0 Å². The Hall–Kier alpha value is -3.95. The first-order chi connectivity index (χ1) is 15.3. The summed E-state index contributed by atoms with van der Waals surface area (Å²) in [6.45, 7) is 0. The fourth-order valence-corrected chi connectivity index (χ4v) is 5.11. The van der Waals surface area contributed by atoms with Crippen LogP contribution in [-0.2, 0) is 0 Å². The average molecular weight is 434 g/mol. The first-order valence-electron chi connectivity index (χ1n) is 10.3. The summed E-state index contributed by atoms with van der Waals surface area (Å²) in [7, 11) is 0. The molecule has 3 aromatic heterocycles. The van der Waals surface area contributed by atoms with Crippen LogP contribution in [0.2, 0.25) is 0 Å². The standard InChI is InChI=1S/C22H22N6O4/c23-18(29)11-3-4-15-27-16(20(25)31)17(28(15)10-11)12-6-22(7-12)8-13(9-22)32-21-14(19(24)30)2-1-5-26-21/h1-5,10,12-13H,6-9H2,(H2,23,29)(H2,24,30)(H2,25,31). The van der Waals surface area contributed by atoms with E-state index in [0.29, 0.717) is 16.9 Å². The van der Waals surface area contributed by atoms with E-state index in [1.54, 1.807) is 41.1 Å². The summed E-state index contributed by atoms with van der Waals surface area (Å²) in [5.41, 5.74) is 18.6. The Bertz CT molecular complexity index is 1270. The van der Waals surface area contributed by atoms with Crippen molar-refractivity contribution in [3.8, 4) is 5.88 Å². The molecule has 0 atom stereocenters. The number of fused-ring (bicyclic) bond motifs is 1. The summed E-state index contributed by atoms with van der Waals surface area (Å²) in [5, 5.41) is 0. The van der Waals surface area contributed by atoms with E-state index in [4.69, 9.17) is 21.9 Å². The van der Waals surface area contributed by atoms with Crippen LogP contribution in [-0.4, -0.2) is 38.2 Å². The second kappa shape index (κ2) is 7.04. The number of carbonyl (C=O) groups excluding carboxylic acids is 3. The number of imidazole rings is 1. The van der Waals surface area contributed by atoms with Gasteiger partial charge in [-0.3, -0.25) is 14.4 Å². The van der Waals surface area contributed by atoms with Crippen LogP contribution in [0, 0.1) is 5.41 Å². The second-order valence-corrected chi connectivity index (χ2v) is 8.69. The fourth-order valence-electron chi connectivity index (χ4n) is 5.11. The van der Waals surface area contributed by atoms with E-state index in [-0.39, 0.29) is 34.6 Å². The molecule has 0 aliphatic heterocycles. The molecule has 32 heavy (non-hydrogen) atoms. The Kier molecular flexibility index (Phi) is 4.40.